The van der Waals surface area contributed by atoms with Crippen molar-refractivity contribution in [3.63, 3.8) is 0 Å². The number of fused-ring (bicyclic) bond motifs is 1. The van der Waals surface area contributed by atoms with Crippen molar-refractivity contribution in [3.8, 4) is 22.3 Å². The van der Waals surface area contributed by atoms with Crippen LogP contribution < -0.4 is 5.32 Å². The van der Waals surface area contributed by atoms with E-state index in [4.69, 9.17) is 0 Å². The number of nitrogens with one attached hydrogen (secondary N) is 1. The summed E-state index contributed by atoms with van der Waals surface area (Å²) in [4.78, 5) is 21.6. The van der Waals surface area contributed by atoms with E-state index in [2.05, 4.69) is 20.4 Å². The van der Waals surface area contributed by atoms with Gasteiger partial charge in [0.2, 0.25) is 0 Å². The molecule has 0 fully saturated rings. The summed E-state index contributed by atoms with van der Waals surface area (Å²) in [6.07, 6.45) is 4.29. The zero-order valence-electron chi connectivity index (χ0n) is 16.7. The van der Waals surface area contributed by atoms with Crippen LogP contribution in [0.25, 0.3) is 27.9 Å². The van der Waals surface area contributed by atoms with Gasteiger partial charge in [0.1, 0.15) is 0 Å². The van der Waals surface area contributed by atoms with Crippen LogP contribution >= 0.6 is 11.3 Å². The van der Waals surface area contributed by atoms with Crippen LogP contribution in [-0.4, -0.2) is 25.5 Å². The van der Waals surface area contributed by atoms with Crippen LogP contribution in [0.4, 0.5) is 18.9 Å². The molecule has 10 heteroatoms. The fourth-order valence-corrected chi connectivity index (χ4v) is 4.09. The van der Waals surface area contributed by atoms with E-state index in [-0.39, 0.29) is 5.69 Å². The van der Waals surface area contributed by atoms with Gasteiger partial charge in [-0.1, -0.05) is 6.07 Å². The van der Waals surface area contributed by atoms with Crippen LogP contribution in [-0.2, 0) is 6.18 Å². The summed E-state index contributed by atoms with van der Waals surface area (Å²) < 4.78 is 39.8. The summed E-state index contributed by atoms with van der Waals surface area (Å²) in [7, 11) is 0. The maximum atomic E-state index is 12.7. The normalized spacial score (nSPS) is 11.6. The molecule has 0 saturated heterocycles. The van der Waals surface area contributed by atoms with Crippen LogP contribution in [0.15, 0.2) is 78.8 Å². The fourth-order valence-electron chi connectivity index (χ4n) is 3.29. The molecule has 1 aromatic carbocycles. The Morgan fingerprint density at radius 2 is 1.82 bits per heavy atom. The minimum Gasteiger partial charge on any atom is -0.321 e. The van der Waals surface area contributed by atoms with Crippen molar-refractivity contribution in [1.29, 1.82) is 0 Å². The van der Waals surface area contributed by atoms with Crippen LogP contribution in [0.5, 0.6) is 0 Å². The smallest absolute Gasteiger partial charge is 0.321 e. The number of thiophene rings is 1. The second kappa shape index (κ2) is 8.14. The average molecular weight is 465 g/mol. The quantitative estimate of drug-likeness (QED) is 0.365. The first-order valence-corrected chi connectivity index (χ1v) is 10.6. The number of nitrogens with zero attached hydrogens (tertiary/aromatic N) is 4. The number of carbonyl (C=O) groups is 1. The molecule has 33 heavy (non-hydrogen) atoms. The lowest BCUT2D eigenvalue weighted by molar-refractivity contribution is -0.137. The first-order valence-electron chi connectivity index (χ1n) is 9.70. The zero-order chi connectivity index (χ0) is 23.0. The lowest BCUT2D eigenvalue weighted by atomic mass is 10.1. The van der Waals surface area contributed by atoms with Gasteiger partial charge in [-0.25, -0.2) is 9.50 Å². The van der Waals surface area contributed by atoms with Gasteiger partial charge in [0.05, 0.1) is 16.6 Å². The Morgan fingerprint density at radius 3 is 2.55 bits per heavy atom. The predicted molar refractivity (Wildman–Crippen MR) is 119 cm³/mol. The third kappa shape index (κ3) is 4.20. The molecule has 0 aliphatic carbocycles. The van der Waals surface area contributed by atoms with E-state index in [1.807, 2.05) is 23.7 Å². The highest BCUT2D eigenvalue weighted by Gasteiger charge is 2.30. The summed E-state index contributed by atoms with van der Waals surface area (Å²) in [5.74, 6) is -0.408. The topological polar surface area (TPSA) is 72.2 Å². The SMILES string of the molecule is O=C(Nc1ccc(C(F)(F)F)cc1)c1cc(-c2cnn3cc(-c4cccnc4)cnc23)cs1. The Bertz CT molecular complexity index is 1440. The number of carbonyl (C=O) groups excluding carboxylic acids is 1. The Morgan fingerprint density at radius 1 is 1.00 bits per heavy atom. The van der Waals surface area contributed by atoms with Gasteiger partial charge in [-0.3, -0.25) is 9.78 Å². The van der Waals surface area contributed by atoms with Gasteiger partial charge in [-0.2, -0.15) is 18.3 Å². The molecule has 5 aromatic rings. The summed E-state index contributed by atoms with van der Waals surface area (Å²) >= 11 is 1.23. The summed E-state index contributed by atoms with van der Waals surface area (Å²) in [5.41, 5.74) is 3.46. The van der Waals surface area contributed by atoms with E-state index in [9.17, 15) is 18.0 Å². The molecule has 0 bridgehead atoms. The number of alkyl halides is 3. The van der Waals surface area contributed by atoms with Crippen molar-refractivity contribution < 1.29 is 18.0 Å². The molecule has 164 valence electrons. The van der Waals surface area contributed by atoms with E-state index >= 15 is 0 Å². The molecular formula is C23H14F3N5OS. The van der Waals surface area contributed by atoms with Gasteiger partial charge in [0.15, 0.2) is 5.65 Å². The highest BCUT2D eigenvalue weighted by atomic mass is 32.1. The molecule has 4 heterocycles. The highest BCUT2D eigenvalue weighted by molar-refractivity contribution is 7.12. The van der Waals surface area contributed by atoms with Crippen molar-refractivity contribution in [2.75, 3.05) is 5.32 Å². The molecule has 0 aliphatic heterocycles. The Kier molecular flexibility index (Phi) is 5.14. The predicted octanol–water partition coefficient (Wildman–Crippen LogP) is 5.79. The lowest BCUT2D eigenvalue weighted by Crippen LogP contribution is -2.11. The minimum atomic E-state index is -4.42. The van der Waals surface area contributed by atoms with Crippen LogP contribution in [0.3, 0.4) is 0 Å². The lowest BCUT2D eigenvalue weighted by Gasteiger charge is -2.08. The number of hydrogen-bond acceptors (Lipinski definition) is 5. The molecule has 0 radical (unpaired) electrons. The molecule has 5 rings (SSSR count). The molecule has 4 aromatic heterocycles. The van der Waals surface area contributed by atoms with Gasteiger partial charge in [0, 0.05) is 47.2 Å². The molecule has 1 N–H and O–H groups in total. The van der Waals surface area contributed by atoms with Crippen LogP contribution in [0.1, 0.15) is 15.2 Å². The van der Waals surface area contributed by atoms with Crippen molar-refractivity contribution in [2.24, 2.45) is 0 Å². The number of anilines is 1. The second-order valence-electron chi connectivity index (χ2n) is 7.14. The molecular weight excluding hydrogens is 451 g/mol. The third-order valence-corrected chi connectivity index (χ3v) is 5.88. The Balaban J connectivity index is 1.36. The summed E-state index contributed by atoms with van der Waals surface area (Å²) in [6.45, 7) is 0. The van der Waals surface area contributed by atoms with Gasteiger partial charge in [-0.05, 0) is 47.3 Å². The first kappa shape index (κ1) is 20.8. The van der Waals surface area contributed by atoms with Crippen molar-refractivity contribution in [1.82, 2.24) is 19.6 Å². The molecule has 6 nitrogen and oxygen atoms in total. The number of halogens is 3. The monoisotopic (exact) mass is 465 g/mol. The maximum absolute atomic E-state index is 12.7. The molecule has 0 unspecified atom stereocenters. The Labute approximate surface area is 189 Å². The average Bonchev–Trinajstić information content (AvgIpc) is 3.46. The number of rotatable bonds is 4. The number of hydrogen-bond donors (Lipinski definition) is 1. The molecule has 0 aliphatic rings. The van der Waals surface area contributed by atoms with Crippen molar-refractivity contribution in [3.05, 3.63) is 89.3 Å². The first-order chi connectivity index (χ1) is 15.9. The summed E-state index contributed by atoms with van der Waals surface area (Å²) in [6, 6.07) is 9.80. The van der Waals surface area contributed by atoms with Crippen molar-refractivity contribution in [2.45, 2.75) is 6.18 Å². The standard InChI is InChI=1S/C23H14F3N5OS/c24-23(25,26)17-3-5-18(6-4-17)30-22(32)20-8-15(13-33-20)19-11-29-31-12-16(10-28-21(19)31)14-2-1-7-27-9-14/h1-13H,(H,30,32). The molecule has 1 amide bonds. The number of pyridine rings is 1. The van der Waals surface area contributed by atoms with Gasteiger partial charge < -0.3 is 5.32 Å². The second-order valence-corrected chi connectivity index (χ2v) is 8.05. The van der Waals surface area contributed by atoms with E-state index in [1.54, 1.807) is 35.4 Å². The van der Waals surface area contributed by atoms with Gasteiger partial charge in [0.25, 0.3) is 5.91 Å². The molecule has 0 atom stereocenters. The van der Waals surface area contributed by atoms with Gasteiger partial charge >= 0.3 is 6.18 Å². The minimum absolute atomic E-state index is 0.281. The number of benzene rings is 1. The largest absolute Gasteiger partial charge is 0.416 e. The molecule has 0 saturated carbocycles. The van der Waals surface area contributed by atoms with E-state index in [0.717, 1.165) is 34.4 Å². The van der Waals surface area contributed by atoms with E-state index < -0.39 is 17.6 Å². The van der Waals surface area contributed by atoms with E-state index in [0.29, 0.717) is 10.5 Å². The highest BCUT2D eigenvalue weighted by Crippen LogP contribution is 2.31. The van der Waals surface area contributed by atoms with Crippen LogP contribution in [0.2, 0.25) is 0 Å². The number of aromatic nitrogens is 4. The third-order valence-electron chi connectivity index (χ3n) is 4.96. The fraction of sp³-hybridized carbons (Fsp3) is 0.0435. The van der Waals surface area contributed by atoms with Crippen molar-refractivity contribution >= 4 is 28.6 Å². The van der Waals surface area contributed by atoms with E-state index in [1.165, 1.54) is 23.5 Å². The van der Waals surface area contributed by atoms with Crippen LogP contribution in [0, 0.1) is 0 Å². The summed E-state index contributed by atoms with van der Waals surface area (Å²) in [5, 5.41) is 8.81. The zero-order valence-corrected chi connectivity index (χ0v) is 17.6. The maximum Gasteiger partial charge on any atom is 0.416 e. The van der Waals surface area contributed by atoms with Gasteiger partial charge in [-0.15, -0.1) is 11.3 Å². The molecule has 0 spiro atoms. The Hall–Kier alpha value is -4.05. The number of amides is 1.